The summed E-state index contributed by atoms with van der Waals surface area (Å²) in [5.74, 6) is 0.444. The smallest absolute Gasteiger partial charge is 0.408 e. The molecule has 0 aliphatic carbocycles. The van der Waals surface area contributed by atoms with Crippen molar-refractivity contribution in [3.05, 3.63) is 46.7 Å². The number of carboxylic acid groups (broad SMARTS) is 1. The predicted octanol–water partition coefficient (Wildman–Crippen LogP) is 2.27. The van der Waals surface area contributed by atoms with Gasteiger partial charge in [0, 0.05) is 12.4 Å². The van der Waals surface area contributed by atoms with Crippen LogP contribution in [-0.2, 0) is 6.54 Å². The molecule has 2 aromatic rings. The van der Waals surface area contributed by atoms with Gasteiger partial charge in [-0.2, -0.15) is 5.10 Å². The van der Waals surface area contributed by atoms with Crippen molar-refractivity contribution in [2.24, 2.45) is 0 Å². The molecule has 0 bridgehead atoms. The number of hydrogen-bond donors (Lipinski definition) is 1. The van der Waals surface area contributed by atoms with E-state index < -0.39 is 12.1 Å². The summed E-state index contributed by atoms with van der Waals surface area (Å²) in [6, 6.07) is 4.64. The molecule has 104 valence electrons. The van der Waals surface area contributed by atoms with E-state index in [2.05, 4.69) is 36.1 Å². The van der Waals surface area contributed by atoms with Crippen LogP contribution in [0.15, 0.2) is 35.2 Å². The lowest BCUT2D eigenvalue weighted by Crippen LogP contribution is -2.33. The summed E-state index contributed by atoms with van der Waals surface area (Å²) in [4.78, 5) is 20.8. The van der Waals surface area contributed by atoms with Crippen LogP contribution in [0, 0.1) is 0 Å². The van der Waals surface area contributed by atoms with Crippen LogP contribution >= 0.6 is 15.9 Å². The minimum atomic E-state index is -1.06. The highest BCUT2D eigenvalue weighted by atomic mass is 79.9. The zero-order chi connectivity index (χ0) is 14.5. The minimum absolute atomic E-state index is 0.120. The Morgan fingerprint density at radius 1 is 1.35 bits per heavy atom. The Bertz CT molecular complexity index is 578. The Balaban J connectivity index is 2.19. The highest BCUT2D eigenvalue weighted by Gasteiger charge is 2.23. The van der Waals surface area contributed by atoms with Crippen molar-refractivity contribution in [3.8, 4) is 0 Å². The summed E-state index contributed by atoms with van der Waals surface area (Å²) in [5, 5.41) is 17.1. The summed E-state index contributed by atoms with van der Waals surface area (Å²) in [5.41, 5.74) is 0.554. The molecule has 0 aromatic carbocycles. The van der Waals surface area contributed by atoms with Gasteiger partial charge in [0.25, 0.3) is 0 Å². The lowest BCUT2D eigenvalue weighted by Gasteiger charge is -2.24. The summed E-state index contributed by atoms with van der Waals surface area (Å²) >= 11 is 3.18. The Hall–Kier alpha value is -2.09. The van der Waals surface area contributed by atoms with Crippen LogP contribution in [0.25, 0.3) is 0 Å². The molecule has 1 N–H and O–H groups in total. The quantitative estimate of drug-likeness (QED) is 0.919. The molecule has 2 heterocycles. The van der Waals surface area contributed by atoms with Crippen LogP contribution in [0.3, 0.4) is 0 Å². The number of amides is 1. The first-order valence-corrected chi connectivity index (χ1v) is 6.62. The SMILES string of the molecule is C[C@H](c1ncccn1)N(Cc1ccc(Br)nn1)C(=O)O. The number of rotatable bonds is 4. The second kappa shape index (κ2) is 6.38. The van der Waals surface area contributed by atoms with Gasteiger partial charge in [-0.1, -0.05) is 0 Å². The van der Waals surface area contributed by atoms with E-state index in [0.29, 0.717) is 16.1 Å². The van der Waals surface area contributed by atoms with E-state index in [4.69, 9.17) is 0 Å². The average Bonchev–Trinajstić information content (AvgIpc) is 2.46. The molecule has 0 spiro atoms. The van der Waals surface area contributed by atoms with Crippen LogP contribution in [0.2, 0.25) is 0 Å². The molecule has 2 rings (SSSR count). The first-order chi connectivity index (χ1) is 9.58. The standard InChI is InChI=1S/C12H12BrN5O2/c1-8(11-14-5-2-6-15-11)18(12(19)20)7-9-3-4-10(13)17-16-9/h2-6,8H,7H2,1H3,(H,19,20)/t8-/m1/s1. The predicted molar refractivity (Wildman–Crippen MR) is 73.7 cm³/mol. The topological polar surface area (TPSA) is 92.1 Å². The maximum Gasteiger partial charge on any atom is 0.408 e. The third-order valence-electron chi connectivity index (χ3n) is 2.69. The Kier molecular flexibility index (Phi) is 4.57. The number of carbonyl (C=O) groups is 1. The van der Waals surface area contributed by atoms with Gasteiger partial charge in [-0.15, -0.1) is 5.10 Å². The minimum Gasteiger partial charge on any atom is -0.465 e. The second-order valence-electron chi connectivity index (χ2n) is 4.04. The molecule has 0 saturated heterocycles. The Morgan fingerprint density at radius 3 is 2.60 bits per heavy atom. The lowest BCUT2D eigenvalue weighted by molar-refractivity contribution is 0.121. The van der Waals surface area contributed by atoms with E-state index in [1.807, 2.05) is 0 Å². The molecule has 0 aliphatic heterocycles. The lowest BCUT2D eigenvalue weighted by atomic mass is 10.2. The van der Waals surface area contributed by atoms with Crippen LogP contribution in [0.5, 0.6) is 0 Å². The molecule has 1 amide bonds. The molecular weight excluding hydrogens is 326 g/mol. The van der Waals surface area contributed by atoms with Crippen molar-refractivity contribution in [2.45, 2.75) is 19.5 Å². The van der Waals surface area contributed by atoms with Crippen molar-refractivity contribution in [2.75, 3.05) is 0 Å². The number of aromatic nitrogens is 4. The molecule has 0 aliphatic rings. The van der Waals surface area contributed by atoms with Gasteiger partial charge < -0.3 is 5.11 Å². The van der Waals surface area contributed by atoms with Gasteiger partial charge >= 0.3 is 6.09 Å². The molecular formula is C12H12BrN5O2. The molecule has 0 saturated carbocycles. The van der Waals surface area contributed by atoms with Gasteiger partial charge in [0.2, 0.25) is 0 Å². The van der Waals surface area contributed by atoms with Crippen molar-refractivity contribution in [1.82, 2.24) is 25.1 Å². The van der Waals surface area contributed by atoms with E-state index in [1.165, 1.54) is 4.90 Å². The molecule has 2 aromatic heterocycles. The Labute approximate surface area is 123 Å². The van der Waals surface area contributed by atoms with E-state index in [9.17, 15) is 9.90 Å². The molecule has 0 unspecified atom stereocenters. The van der Waals surface area contributed by atoms with Gasteiger partial charge in [0.15, 0.2) is 5.82 Å². The monoisotopic (exact) mass is 337 g/mol. The van der Waals surface area contributed by atoms with Crippen LogP contribution in [-0.4, -0.2) is 36.3 Å². The van der Waals surface area contributed by atoms with Crippen molar-refractivity contribution < 1.29 is 9.90 Å². The van der Waals surface area contributed by atoms with Gasteiger partial charge in [-0.25, -0.2) is 14.8 Å². The first-order valence-electron chi connectivity index (χ1n) is 5.82. The number of nitrogens with zero attached hydrogens (tertiary/aromatic N) is 5. The van der Waals surface area contributed by atoms with E-state index >= 15 is 0 Å². The maximum atomic E-state index is 11.4. The normalized spacial score (nSPS) is 11.9. The second-order valence-corrected chi connectivity index (χ2v) is 4.85. The molecule has 0 fully saturated rings. The fourth-order valence-corrected chi connectivity index (χ4v) is 1.85. The summed E-state index contributed by atoms with van der Waals surface area (Å²) in [6.07, 6.45) is 2.10. The van der Waals surface area contributed by atoms with E-state index in [1.54, 1.807) is 37.5 Å². The highest BCUT2D eigenvalue weighted by molar-refractivity contribution is 9.10. The van der Waals surface area contributed by atoms with Crippen LogP contribution < -0.4 is 0 Å². The van der Waals surface area contributed by atoms with Crippen LogP contribution in [0.4, 0.5) is 4.79 Å². The summed E-state index contributed by atoms with van der Waals surface area (Å²) in [7, 11) is 0. The zero-order valence-electron chi connectivity index (χ0n) is 10.6. The first kappa shape index (κ1) is 14.3. The highest BCUT2D eigenvalue weighted by Crippen LogP contribution is 2.18. The zero-order valence-corrected chi connectivity index (χ0v) is 12.2. The van der Waals surface area contributed by atoms with E-state index in [-0.39, 0.29) is 6.54 Å². The molecule has 7 nitrogen and oxygen atoms in total. The Morgan fingerprint density at radius 2 is 2.05 bits per heavy atom. The molecule has 8 heteroatoms. The van der Waals surface area contributed by atoms with Gasteiger partial charge in [0.05, 0.1) is 18.3 Å². The van der Waals surface area contributed by atoms with Crippen LogP contribution in [0.1, 0.15) is 24.5 Å². The number of halogens is 1. The summed E-state index contributed by atoms with van der Waals surface area (Å²) in [6.45, 7) is 1.85. The van der Waals surface area contributed by atoms with Crippen molar-refractivity contribution >= 4 is 22.0 Å². The molecule has 20 heavy (non-hydrogen) atoms. The number of hydrogen-bond acceptors (Lipinski definition) is 5. The third kappa shape index (κ3) is 3.47. The largest absolute Gasteiger partial charge is 0.465 e. The van der Waals surface area contributed by atoms with Crippen molar-refractivity contribution in [3.63, 3.8) is 0 Å². The fourth-order valence-electron chi connectivity index (χ4n) is 1.64. The summed E-state index contributed by atoms with van der Waals surface area (Å²) < 4.78 is 0.600. The molecule has 0 radical (unpaired) electrons. The fraction of sp³-hybridized carbons (Fsp3) is 0.250. The van der Waals surface area contributed by atoms with E-state index in [0.717, 1.165) is 0 Å². The van der Waals surface area contributed by atoms with Gasteiger partial charge in [0.1, 0.15) is 4.60 Å². The van der Waals surface area contributed by atoms with Gasteiger partial charge in [-0.3, -0.25) is 4.90 Å². The molecule has 1 atom stereocenters. The third-order valence-corrected chi connectivity index (χ3v) is 3.12. The maximum absolute atomic E-state index is 11.4. The van der Waals surface area contributed by atoms with Gasteiger partial charge in [-0.05, 0) is 41.1 Å². The average molecular weight is 338 g/mol. The van der Waals surface area contributed by atoms with Crippen molar-refractivity contribution in [1.29, 1.82) is 0 Å².